The van der Waals surface area contributed by atoms with Gasteiger partial charge in [0.25, 0.3) is 0 Å². The van der Waals surface area contributed by atoms with Crippen LogP contribution in [0.1, 0.15) is 114 Å². The minimum absolute atomic E-state index is 0.282. The van der Waals surface area contributed by atoms with Crippen LogP contribution in [0.2, 0.25) is 0 Å². The topological polar surface area (TPSA) is 12.0 Å². The molecule has 0 saturated heterocycles. The van der Waals surface area contributed by atoms with Gasteiger partial charge >= 0.3 is 0 Å². The number of rotatable bonds is 14. The highest BCUT2D eigenvalue weighted by Gasteiger charge is 2.24. The molecule has 0 rings (SSSR count). The molecule has 0 aliphatic heterocycles. The molecular formula is C24H55N2+. The van der Waals surface area contributed by atoms with E-state index in [9.17, 15) is 0 Å². The molecule has 0 aliphatic carbocycles. The van der Waals surface area contributed by atoms with Crippen molar-refractivity contribution >= 4 is 0 Å². The number of quaternary nitrogens is 1. The average Bonchev–Trinajstić information content (AvgIpc) is 2.59. The Labute approximate surface area is 168 Å². The lowest BCUT2D eigenvalue weighted by molar-refractivity contribution is -0.929. The van der Waals surface area contributed by atoms with Gasteiger partial charge in [0.1, 0.15) is 0 Å². The van der Waals surface area contributed by atoms with E-state index in [1.54, 1.807) is 0 Å². The van der Waals surface area contributed by atoms with E-state index in [0.717, 1.165) is 12.5 Å². The molecular weight excluding hydrogens is 316 g/mol. The average molecular weight is 372 g/mol. The molecule has 2 nitrogen and oxygen atoms in total. The standard InChI is InChI=1S/C16H36N.C8H19N/c1-5-9-13-17(14-10-6-2,15-11-7-3)16-12-8-4;1-7(2)6-9-8(3,4)5/h5-16H2,1-4H3;7,9H,6H2,1-5H3/q+1;. The lowest BCUT2D eigenvalue weighted by atomic mass is 10.1. The molecule has 0 heterocycles. The van der Waals surface area contributed by atoms with E-state index in [4.69, 9.17) is 0 Å². The third kappa shape index (κ3) is 18.7. The van der Waals surface area contributed by atoms with Crippen LogP contribution in [0, 0.1) is 5.92 Å². The van der Waals surface area contributed by atoms with Crippen LogP contribution in [-0.2, 0) is 0 Å². The maximum Gasteiger partial charge on any atom is 0.0786 e. The maximum absolute atomic E-state index is 3.42. The van der Waals surface area contributed by atoms with E-state index in [1.165, 1.54) is 82.0 Å². The van der Waals surface area contributed by atoms with Gasteiger partial charge in [-0.25, -0.2) is 0 Å². The monoisotopic (exact) mass is 371 g/mol. The van der Waals surface area contributed by atoms with E-state index < -0.39 is 0 Å². The second-order valence-electron chi connectivity index (χ2n) is 9.68. The molecule has 0 aliphatic rings. The van der Waals surface area contributed by atoms with Crippen molar-refractivity contribution in [3.05, 3.63) is 0 Å². The highest BCUT2D eigenvalue weighted by molar-refractivity contribution is 4.70. The molecule has 0 aromatic heterocycles. The predicted octanol–water partition coefficient (Wildman–Crippen LogP) is 7.03. The first-order valence-electron chi connectivity index (χ1n) is 11.8. The van der Waals surface area contributed by atoms with Gasteiger partial charge in [-0.2, -0.15) is 0 Å². The van der Waals surface area contributed by atoms with E-state index in [0.29, 0.717) is 0 Å². The molecule has 0 aromatic rings. The maximum atomic E-state index is 3.42. The van der Waals surface area contributed by atoms with Crippen LogP contribution in [0.3, 0.4) is 0 Å². The number of nitrogens with zero attached hydrogens (tertiary/aromatic N) is 1. The van der Waals surface area contributed by atoms with Crippen molar-refractivity contribution in [2.75, 3.05) is 32.7 Å². The zero-order valence-electron chi connectivity index (χ0n) is 20.2. The second kappa shape index (κ2) is 17.0. The van der Waals surface area contributed by atoms with Crippen LogP contribution in [0.25, 0.3) is 0 Å². The molecule has 0 atom stereocenters. The van der Waals surface area contributed by atoms with Crippen LogP contribution in [0.5, 0.6) is 0 Å². The van der Waals surface area contributed by atoms with Crippen molar-refractivity contribution in [1.82, 2.24) is 5.32 Å². The molecule has 0 bridgehead atoms. The predicted molar refractivity (Wildman–Crippen MR) is 122 cm³/mol. The first kappa shape index (κ1) is 28.1. The quantitative estimate of drug-likeness (QED) is 0.323. The van der Waals surface area contributed by atoms with Gasteiger partial charge in [-0.1, -0.05) is 67.2 Å². The lowest BCUT2D eigenvalue weighted by Gasteiger charge is -2.39. The Morgan fingerprint density at radius 3 is 1.12 bits per heavy atom. The van der Waals surface area contributed by atoms with Gasteiger partial charge in [0.05, 0.1) is 26.2 Å². The number of hydrogen-bond acceptors (Lipinski definition) is 1. The smallest absolute Gasteiger partial charge is 0.0786 e. The Bertz CT molecular complexity index is 241. The SMILES string of the molecule is CC(C)CNC(C)(C)C.CCCC[N+](CCCC)(CCCC)CCCC. The summed E-state index contributed by atoms with van der Waals surface area (Å²) in [5.41, 5.74) is 0.282. The summed E-state index contributed by atoms with van der Waals surface area (Å²) >= 11 is 0. The van der Waals surface area contributed by atoms with Crippen molar-refractivity contribution in [1.29, 1.82) is 0 Å². The molecule has 1 N–H and O–H groups in total. The summed E-state index contributed by atoms with van der Waals surface area (Å²) in [7, 11) is 0. The van der Waals surface area contributed by atoms with Gasteiger partial charge < -0.3 is 9.80 Å². The number of unbranched alkanes of at least 4 members (excludes halogenated alkanes) is 4. The molecule has 0 fully saturated rings. The number of hydrogen-bond donors (Lipinski definition) is 1. The first-order chi connectivity index (χ1) is 12.2. The zero-order valence-corrected chi connectivity index (χ0v) is 20.2. The normalized spacial score (nSPS) is 12.2. The Kier molecular flexibility index (Phi) is 18.4. The minimum atomic E-state index is 0.282. The third-order valence-electron chi connectivity index (χ3n) is 4.98. The summed E-state index contributed by atoms with van der Waals surface area (Å²) in [6.45, 7) is 27.1. The van der Waals surface area contributed by atoms with E-state index in [2.05, 4.69) is 67.6 Å². The van der Waals surface area contributed by atoms with Crippen LogP contribution in [0.15, 0.2) is 0 Å². The molecule has 0 unspecified atom stereocenters. The fraction of sp³-hybridized carbons (Fsp3) is 1.00. The molecule has 0 amide bonds. The highest BCUT2D eigenvalue weighted by Crippen LogP contribution is 2.16. The third-order valence-corrected chi connectivity index (χ3v) is 4.98. The van der Waals surface area contributed by atoms with E-state index >= 15 is 0 Å². The molecule has 2 heteroatoms. The summed E-state index contributed by atoms with van der Waals surface area (Å²) in [4.78, 5) is 0. The fourth-order valence-electron chi connectivity index (χ4n) is 3.16. The van der Waals surface area contributed by atoms with Crippen molar-refractivity contribution in [2.24, 2.45) is 5.92 Å². The molecule has 26 heavy (non-hydrogen) atoms. The van der Waals surface area contributed by atoms with E-state index in [-0.39, 0.29) is 5.54 Å². The van der Waals surface area contributed by atoms with Gasteiger partial charge in [0.15, 0.2) is 0 Å². The van der Waals surface area contributed by atoms with Crippen LogP contribution >= 0.6 is 0 Å². The summed E-state index contributed by atoms with van der Waals surface area (Å²) in [6, 6.07) is 0. The van der Waals surface area contributed by atoms with Crippen molar-refractivity contribution in [2.45, 2.75) is 119 Å². The fourth-order valence-corrected chi connectivity index (χ4v) is 3.16. The summed E-state index contributed by atoms with van der Waals surface area (Å²) in [6.07, 6.45) is 11.1. The Hall–Kier alpha value is -0.0800. The Balaban J connectivity index is 0. The van der Waals surface area contributed by atoms with Crippen LogP contribution in [0.4, 0.5) is 0 Å². The summed E-state index contributed by atoms with van der Waals surface area (Å²) in [5.74, 6) is 0.754. The molecule has 0 saturated carbocycles. The Morgan fingerprint density at radius 2 is 0.962 bits per heavy atom. The lowest BCUT2D eigenvalue weighted by Crippen LogP contribution is -2.50. The summed E-state index contributed by atoms with van der Waals surface area (Å²) < 4.78 is 1.42. The van der Waals surface area contributed by atoms with Gasteiger partial charge in [-0.05, 0) is 58.9 Å². The van der Waals surface area contributed by atoms with Gasteiger partial charge in [0.2, 0.25) is 0 Å². The van der Waals surface area contributed by atoms with E-state index in [1.807, 2.05) is 0 Å². The van der Waals surface area contributed by atoms with Crippen molar-refractivity contribution < 1.29 is 4.48 Å². The van der Waals surface area contributed by atoms with Gasteiger partial charge in [-0.15, -0.1) is 0 Å². The zero-order chi connectivity index (χ0) is 20.5. The molecule has 160 valence electrons. The van der Waals surface area contributed by atoms with Crippen LogP contribution in [-0.4, -0.2) is 42.7 Å². The molecule has 0 aromatic carbocycles. The van der Waals surface area contributed by atoms with Crippen molar-refractivity contribution in [3.8, 4) is 0 Å². The first-order valence-corrected chi connectivity index (χ1v) is 11.8. The number of nitrogens with one attached hydrogen (secondary N) is 1. The van der Waals surface area contributed by atoms with Crippen molar-refractivity contribution in [3.63, 3.8) is 0 Å². The highest BCUT2D eigenvalue weighted by atomic mass is 15.3. The molecule has 0 spiro atoms. The largest absolute Gasteiger partial charge is 0.324 e. The molecule has 0 radical (unpaired) electrons. The van der Waals surface area contributed by atoms with Gasteiger partial charge in [0, 0.05) is 5.54 Å². The Morgan fingerprint density at radius 1 is 0.654 bits per heavy atom. The summed E-state index contributed by atoms with van der Waals surface area (Å²) in [5, 5.41) is 3.42. The van der Waals surface area contributed by atoms with Crippen LogP contribution < -0.4 is 5.32 Å². The van der Waals surface area contributed by atoms with Gasteiger partial charge in [-0.3, -0.25) is 0 Å². The minimum Gasteiger partial charge on any atom is -0.324 e. The second-order valence-corrected chi connectivity index (χ2v) is 9.68.